The average Bonchev–Trinajstić information content (AvgIpc) is 2.19. The summed E-state index contributed by atoms with van der Waals surface area (Å²) >= 11 is 4.81. The van der Waals surface area contributed by atoms with Gasteiger partial charge in [-0.05, 0) is 19.8 Å². The molecular formula is C10H15N3OS. The van der Waals surface area contributed by atoms with Crippen molar-refractivity contribution in [3.63, 3.8) is 0 Å². The number of hydrogen-bond donors (Lipinski definition) is 2. The van der Waals surface area contributed by atoms with Crippen molar-refractivity contribution in [3.8, 4) is 6.07 Å². The lowest BCUT2D eigenvalue weighted by atomic mass is 10.1. The molecule has 1 aliphatic rings. The second-order valence-corrected chi connectivity index (χ2v) is 4.09. The number of rotatable bonds is 2. The lowest BCUT2D eigenvalue weighted by molar-refractivity contribution is 0.0970. The van der Waals surface area contributed by atoms with Crippen molar-refractivity contribution in [1.82, 2.24) is 4.90 Å². The molecule has 82 valence electrons. The quantitative estimate of drug-likeness (QED) is 0.407. The minimum atomic E-state index is -0.218. The van der Waals surface area contributed by atoms with E-state index in [0.29, 0.717) is 5.57 Å². The molecule has 0 bridgehead atoms. The average molecular weight is 225 g/mol. The number of hydrogen-bond acceptors (Lipinski definition) is 4. The van der Waals surface area contributed by atoms with E-state index in [1.807, 2.05) is 17.9 Å². The Morgan fingerprint density at radius 1 is 1.53 bits per heavy atom. The van der Waals surface area contributed by atoms with Crippen LogP contribution in [-0.4, -0.2) is 34.2 Å². The highest BCUT2D eigenvalue weighted by atomic mass is 32.1. The van der Waals surface area contributed by atoms with Crippen LogP contribution in [0.25, 0.3) is 0 Å². The molecule has 1 fully saturated rings. The maximum atomic E-state index is 9.36. The van der Waals surface area contributed by atoms with Crippen LogP contribution >= 0.6 is 12.2 Å². The van der Waals surface area contributed by atoms with Gasteiger partial charge in [-0.2, -0.15) is 5.26 Å². The molecule has 1 saturated heterocycles. The number of piperidine rings is 1. The van der Waals surface area contributed by atoms with Gasteiger partial charge in [0.1, 0.15) is 16.6 Å². The number of likely N-dealkylation sites (tertiary alicyclic amines) is 1. The van der Waals surface area contributed by atoms with Crippen LogP contribution in [0.5, 0.6) is 0 Å². The third-order valence-electron chi connectivity index (χ3n) is 2.66. The van der Waals surface area contributed by atoms with Gasteiger partial charge in [-0.15, -0.1) is 0 Å². The van der Waals surface area contributed by atoms with Crippen molar-refractivity contribution in [2.45, 2.75) is 25.9 Å². The number of aliphatic hydroxyl groups excluding tert-OH is 1. The summed E-state index contributed by atoms with van der Waals surface area (Å²) in [5, 5.41) is 18.3. The molecular weight excluding hydrogens is 210 g/mol. The highest BCUT2D eigenvalue weighted by Gasteiger charge is 2.19. The lowest BCUT2D eigenvalue weighted by Gasteiger charge is -2.32. The Labute approximate surface area is 95.0 Å². The molecule has 5 heteroatoms. The van der Waals surface area contributed by atoms with Crippen molar-refractivity contribution < 1.29 is 5.11 Å². The molecule has 3 N–H and O–H groups in total. The molecule has 4 nitrogen and oxygen atoms in total. The first-order valence-corrected chi connectivity index (χ1v) is 5.31. The van der Waals surface area contributed by atoms with Gasteiger partial charge in [0.25, 0.3) is 0 Å². The molecule has 0 saturated carbocycles. The van der Waals surface area contributed by atoms with Crippen LogP contribution < -0.4 is 5.73 Å². The smallest absolute Gasteiger partial charge is 0.116 e. The molecule has 0 amide bonds. The van der Waals surface area contributed by atoms with E-state index in [0.717, 1.165) is 31.6 Å². The summed E-state index contributed by atoms with van der Waals surface area (Å²) in [7, 11) is 0. The van der Waals surface area contributed by atoms with Gasteiger partial charge in [-0.1, -0.05) is 12.2 Å². The molecule has 0 atom stereocenters. The highest BCUT2D eigenvalue weighted by Crippen LogP contribution is 2.17. The minimum Gasteiger partial charge on any atom is -0.393 e. The summed E-state index contributed by atoms with van der Waals surface area (Å²) in [6, 6.07) is 2.02. The van der Waals surface area contributed by atoms with E-state index in [-0.39, 0.29) is 11.1 Å². The third kappa shape index (κ3) is 2.91. The zero-order chi connectivity index (χ0) is 11.4. The van der Waals surface area contributed by atoms with Gasteiger partial charge in [0, 0.05) is 18.8 Å². The predicted octanol–water partition coefficient (Wildman–Crippen LogP) is 0.527. The Morgan fingerprint density at radius 2 is 2.07 bits per heavy atom. The number of nitrogens with zero attached hydrogens (tertiary/aromatic N) is 2. The fraction of sp³-hybridized carbons (Fsp3) is 0.600. The molecule has 0 aromatic heterocycles. The summed E-state index contributed by atoms with van der Waals surface area (Å²) in [5.41, 5.74) is 6.65. The molecule has 0 radical (unpaired) electrons. The third-order valence-corrected chi connectivity index (χ3v) is 2.86. The highest BCUT2D eigenvalue weighted by molar-refractivity contribution is 7.80. The van der Waals surface area contributed by atoms with Crippen molar-refractivity contribution in [2.75, 3.05) is 13.1 Å². The van der Waals surface area contributed by atoms with Crippen molar-refractivity contribution in [2.24, 2.45) is 5.73 Å². The zero-order valence-electron chi connectivity index (χ0n) is 8.73. The second kappa shape index (κ2) is 5.10. The Bertz CT molecular complexity index is 324. The van der Waals surface area contributed by atoms with Crippen LogP contribution in [0.15, 0.2) is 11.3 Å². The van der Waals surface area contributed by atoms with Gasteiger partial charge in [-0.25, -0.2) is 0 Å². The van der Waals surface area contributed by atoms with Crippen LogP contribution in [0.3, 0.4) is 0 Å². The summed E-state index contributed by atoms with van der Waals surface area (Å²) in [6.45, 7) is 3.34. The standard InChI is InChI=1S/C10H15N3OS/c1-7(9(6-11)10(12)15)13-4-2-8(14)3-5-13/h8,14H,2-5H2,1H3,(H2,12,15)/b9-7-. The van der Waals surface area contributed by atoms with Gasteiger partial charge in [0.05, 0.1) is 6.10 Å². The number of thiocarbonyl (C=S) groups is 1. The molecule has 0 aromatic carbocycles. The zero-order valence-corrected chi connectivity index (χ0v) is 9.55. The lowest BCUT2D eigenvalue weighted by Crippen LogP contribution is -2.35. The normalized spacial score (nSPS) is 19.4. The number of aliphatic hydroxyl groups is 1. The number of nitrogens with two attached hydrogens (primary N) is 1. The Hall–Kier alpha value is -1.12. The Balaban J connectivity index is 2.79. The summed E-state index contributed by atoms with van der Waals surface area (Å²) < 4.78 is 0. The van der Waals surface area contributed by atoms with E-state index >= 15 is 0 Å². The van der Waals surface area contributed by atoms with Crippen LogP contribution in [0, 0.1) is 11.3 Å². The van der Waals surface area contributed by atoms with Gasteiger partial charge >= 0.3 is 0 Å². The van der Waals surface area contributed by atoms with Crippen LogP contribution in [0.2, 0.25) is 0 Å². The van der Waals surface area contributed by atoms with Crippen molar-refractivity contribution >= 4 is 17.2 Å². The second-order valence-electron chi connectivity index (χ2n) is 3.65. The van der Waals surface area contributed by atoms with Crippen LogP contribution in [0.4, 0.5) is 0 Å². The van der Waals surface area contributed by atoms with Crippen LogP contribution in [0.1, 0.15) is 19.8 Å². The fourth-order valence-corrected chi connectivity index (χ4v) is 1.87. The molecule has 0 spiro atoms. The molecule has 0 aromatic rings. The van der Waals surface area contributed by atoms with Crippen LogP contribution in [-0.2, 0) is 0 Å². The monoisotopic (exact) mass is 225 g/mol. The first-order valence-electron chi connectivity index (χ1n) is 4.90. The maximum absolute atomic E-state index is 9.36. The van der Waals surface area contributed by atoms with E-state index in [4.69, 9.17) is 23.2 Å². The van der Waals surface area contributed by atoms with Gasteiger partial charge in [-0.3, -0.25) is 0 Å². The summed E-state index contributed by atoms with van der Waals surface area (Å²) in [4.78, 5) is 2.19. The first kappa shape index (κ1) is 12.0. The molecule has 0 aliphatic carbocycles. The predicted molar refractivity (Wildman–Crippen MR) is 61.9 cm³/mol. The van der Waals surface area contributed by atoms with E-state index in [9.17, 15) is 5.11 Å². The molecule has 0 unspecified atom stereocenters. The summed E-state index contributed by atoms with van der Waals surface area (Å²) in [5.74, 6) is 0. The van der Waals surface area contributed by atoms with Crippen molar-refractivity contribution in [3.05, 3.63) is 11.3 Å². The largest absolute Gasteiger partial charge is 0.393 e. The molecule has 1 rings (SSSR count). The van der Waals surface area contributed by atoms with E-state index < -0.39 is 0 Å². The SMILES string of the molecule is C/C(=C(\C#N)C(N)=S)N1CCC(O)CC1. The molecule has 1 aliphatic heterocycles. The maximum Gasteiger partial charge on any atom is 0.116 e. The molecule has 1 heterocycles. The van der Waals surface area contributed by atoms with E-state index in [1.54, 1.807) is 0 Å². The topological polar surface area (TPSA) is 73.3 Å². The number of allylic oxidation sites excluding steroid dienone is 1. The fourth-order valence-electron chi connectivity index (χ4n) is 1.67. The minimum absolute atomic E-state index is 0.140. The first-order chi connectivity index (χ1) is 7.06. The molecule has 15 heavy (non-hydrogen) atoms. The van der Waals surface area contributed by atoms with Gasteiger partial charge in [0.2, 0.25) is 0 Å². The summed E-state index contributed by atoms with van der Waals surface area (Å²) in [6.07, 6.45) is 1.24. The van der Waals surface area contributed by atoms with Gasteiger partial charge in [0.15, 0.2) is 0 Å². The Kier molecular flexibility index (Phi) is 4.06. The Morgan fingerprint density at radius 3 is 2.47 bits per heavy atom. The van der Waals surface area contributed by atoms with Gasteiger partial charge < -0.3 is 15.7 Å². The van der Waals surface area contributed by atoms with E-state index in [2.05, 4.69) is 0 Å². The van der Waals surface area contributed by atoms with E-state index in [1.165, 1.54) is 0 Å². The number of nitriles is 1. The van der Waals surface area contributed by atoms with Crippen molar-refractivity contribution in [1.29, 1.82) is 5.26 Å².